The van der Waals surface area contributed by atoms with Gasteiger partial charge in [-0.05, 0) is 56.5 Å². The van der Waals surface area contributed by atoms with Crippen LogP contribution in [0.25, 0.3) is 0 Å². The van der Waals surface area contributed by atoms with E-state index in [1.165, 1.54) is 12.1 Å². The Kier molecular flexibility index (Phi) is 4.57. The Labute approximate surface area is 112 Å². The molecule has 100 valence electrons. The summed E-state index contributed by atoms with van der Waals surface area (Å²) in [5, 5.41) is 0.218. The lowest BCUT2D eigenvalue weighted by Gasteiger charge is -2.33. The van der Waals surface area contributed by atoms with E-state index in [-0.39, 0.29) is 5.38 Å². The van der Waals surface area contributed by atoms with Crippen LogP contribution in [0.3, 0.4) is 0 Å². The molecule has 1 saturated heterocycles. The monoisotopic (exact) mass is 273 g/mol. The van der Waals surface area contributed by atoms with Crippen molar-refractivity contribution < 1.29 is 8.78 Å². The third-order valence-electron chi connectivity index (χ3n) is 3.67. The minimum atomic E-state index is -0.784. The van der Waals surface area contributed by atoms with Crippen molar-refractivity contribution >= 4 is 11.6 Å². The van der Waals surface area contributed by atoms with E-state index in [2.05, 4.69) is 4.90 Å². The van der Waals surface area contributed by atoms with Crippen molar-refractivity contribution in [1.82, 2.24) is 4.90 Å². The summed E-state index contributed by atoms with van der Waals surface area (Å²) in [7, 11) is 0. The van der Waals surface area contributed by atoms with E-state index in [1.807, 2.05) is 6.92 Å². The van der Waals surface area contributed by atoms with E-state index in [1.54, 1.807) is 6.07 Å². The largest absolute Gasteiger partial charge is 0.299 e. The molecule has 0 bridgehead atoms. The second-order valence-corrected chi connectivity index (χ2v) is 5.73. The first-order chi connectivity index (χ1) is 8.56. The number of rotatable bonds is 3. The SMILES string of the molecule is CC(Cl)C1CCN(Cc2ccc(F)c(F)c2)CC1. The Morgan fingerprint density at radius 2 is 1.94 bits per heavy atom. The lowest BCUT2D eigenvalue weighted by atomic mass is 9.94. The first-order valence-electron chi connectivity index (χ1n) is 6.36. The second-order valence-electron chi connectivity index (χ2n) is 5.04. The van der Waals surface area contributed by atoms with Crippen LogP contribution in [0.5, 0.6) is 0 Å². The second kappa shape index (κ2) is 5.98. The van der Waals surface area contributed by atoms with Gasteiger partial charge in [0.1, 0.15) is 0 Å². The number of nitrogens with zero attached hydrogens (tertiary/aromatic N) is 1. The van der Waals surface area contributed by atoms with Crippen LogP contribution in [0.2, 0.25) is 0 Å². The Hall–Kier alpha value is -0.670. The molecule has 1 aliphatic rings. The van der Waals surface area contributed by atoms with Gasteiger partial charge in [0, 0.05) is 11.9 Å². The summed E-state index contributed by atoms with van der Waals surface area (Å²) in [6.45, 7) is 4.67. The van der Waals surface area contributed by atoms with Gasteiger partial charge in [-0.25, -0.2) is 8.78 Å². The zero-order valence-electron chi connectivity index (χ0n) is 10.5. The van der Waals surface area contributed by atoms with Crippen molar-refractivity contribution in [3.63, 3.8) is 0 Å². The maximum Gasteiger partial charge on any atom is 0.159 e. The number of hydrogen-bond acceptors (Lipinski definition) is 1. The molecule has 0 N–H and O–H groups in total. The zero-order valence-corrected chi connectivity index (χ0v) is 11.3. The predicted molar refractivity (Wildman–Crippen MR) is 69.7 cm³/mol. The van der Waals surface area contributed by atoms with E-state index in [0.717, 1.165) is 31.5 Å². The molecule has 0 radical (unpaired) electrons. The summed E-state index contributed by atoms with van der Waals surface area (Å²) < 4.78 is 25.9. The lowest BCUT2D eigenvalue weighted by Crippen LogP contribution is -2.35. The molecule has 1 heterocycles. The van der Waals surface area contributed by atoms with E-state index in [0.29, 0.717) is 12.5 Å². The van der Waals surface area contributed by atoms with Crippen LogP contribution < -0.4 is 0 Å². The molecule has 0 spiro atoms. The molecule has 2 rings (SSSR count). The zero-order chi connectivity index (χ0) is 13.1. The van der Waals surface area contributed by atoms with Crippen LogP contribution in [0.1, 0.15) is 25.3 Å². The number of hydrogen-bond donors (Lipinski definition) is 0. The van der Waals surface area contributed by atoms with Crippen LogP contribution >= 0.6 is 11.6 Å². The molecule has 1 nitrogen and oxygen atoms in total. The third-order valence-corrected chi connectivity index (χ3v) is 4.03. The fourth-order valence-electron chi connectivity index (χ4n) is 2.47. The Morgan fingerprint density at radius 1 is 1.28 bits per heavy atom. The molecule has 0 amide bonds. The molecule has 1 aromatic carbocycles. The molecule has 1 atom stereocenters. The van der Waals surface area contributed by atoms with Gasteiger partial charge in [-0.15, -0.1) is 11.6 Å². The minimum absolute atomic E-state index is 0.218. The number of benzene rings is 1. The molecule has 18 heavy (non-hydrogen) atoms. The summed E-state index contributed by atoms with van der Waals surface area (Å²) in [4.78, 5) is 2.27. The molecule has 4 heteroatoms. The van der Waals surface area contributed by atoms with Gasteiger partial charge in [-0.2, -0.15) is 0 Å². The lowest BCUT2D eigenvalue weighted by molar-refractivity contribution is 0.176. The van der Waals surface area contributed by atoms with Crippen LogP contribution in [-0.4, -0.2) is 23.4 Å². The average Bonchev–Trinajstić information content (AvgIpc) is 2.34. The van der Waals surface area contributed by atoms with E-state index in [4.69, 9.17) is 11.6 Å². The highest BCUT2D eigenvalue weighted by molar-refractivity contribution is 6.20. The topological polar surface area (TPSA) is 3.24 Å². The summed E-state index contributed by atoms with van der Waals surface area (Å²) in [5.41, 5.74) is 0.825. The molecule has 0 aromatic heterocycles. The molecule has 0 aliphatic carbocycles. The van der Waals surface area contributed by atoms with Crippen molar-refractivity contribution in [3.8, 4) is 0 Å². The van der Waals surface area contributed by atoms with Crippen molar-refractivity contribution in [2.75, 3.05) is 13.1 Å². The predicted octanol–water partition coefficient (Wildman–Crippen LogP) is 3.80. The molecule has 1 fully saturated rings. The Bertz CT molecular complexity index is 401. The van der Waals surface area contributed by atoms with Gasteiger partial charge in [0.2, 0.25) is 0 Å². The normalized spacial score (nSPS) is 20.0. The molecular formula is C14H18ClF2N. The van der Waals surface area contributed by atoms with Gasteiger partial charge in [0.25, 0.3) is 0 Å². The number of piperidine rings is 1. The van der Waals surface area contributed by atoms with E-state index < -0.39 is 11.6 Å². The van der Waals surface area contributed by atoms with Crippen molar-refractivity contribution in [3.05, 3.63) is 35.4 Å². The summed E-state index contributed by atoms with van der Waals surface area (Å²) in [6.07, 6.45) is 2.16. The van der Waals surface area contributed by atoms with Crippen LogP contribution in [0, 0.1) is 17.6 Å². The minimum Gasteiger partial charge on any atom is -0.299 e. The summed E-state index contributed by atoms with van der Waals surface area (Å²) in [6, 6.07) is 4.12. The molecular weight excluding hydrogens is 256 g/mol. The van der Waals surface area contributed by atoms with Crippen LogP contribution in [0.15, 0.2) is 18.2 Å². The van der Waals surface area contributed by atoms with Gasteiger partial charge in [-0.3, -0.25) is 4.90 Å². The standard InChI is InChI=1S/C14H18ClF2N/c1-10(15)12-4-6-18(7-5-12)9-11-2-3-13(16)14(17)8-11/h2-3,8,10,12H,4-7,9H2,1H3. The van der Waals surface area contributed by atoms with Crippen molar-refractivity contribution in [2.45, 2.75) is 31.7 Å². The summed E-state index contributed by atoms with van der Waals surface area (Å²) in [5.74, 6) is -0.974. The van der Waals surface area contributed by atoms with Crippen LogP contribution in [0.4, 0.5) is 8.78 Å². The number of halogens is 3. The van der Waals surface area contributed by atoms with Gasteiger partial charge in [0.15, 0.2) is 11.6 Å². The van der Waals surface area contributed by atoms with E-state index >= 15 is 0 Å². The van der Waals surface area contributed by atoms with Crippen LogP contribution in [-0.2, 0) is 6.54 Å². The average molecular weight is 274 g/mol. The van der Waals surface area contributed by atoms with Gasteiger partial charge >= 0.3 is 0 Å². The van der Waals surface area contributed by atoms with Crippen molar-refractivity contribution in [2.24, 2.45) is 5.92 Å². The summed E-state index contributed by atoms with van der Waals surface area (Å²) >= 11 is 6.09. The highest BCUT2D eigenvalue weighted by atomic mass is 35.5. The number of likely N-dealkylation sites (tertiary alicyclic amines) is 1. The van der Waals surface area contributed by atoms with Gasteiger partial charge in [-0.1, -0.05) is 6.07 Å². The molecule has 1 unspecified atom stereocenters. The maximum absolute atomic E-state index is 13.1. The molecule has 1 aliphatic heterocycles. The first-order valence-corrected chi connectivity index (χ1v) is 6.80. The quantitative estimate of drug-likeness (QED) is 0.757. The van der Waals surface area contributed by atoms with Gasteiger partial charge in [0.05, 0.1) is 0 Å². The Balaban J connectivity index is 1.89. The third kappa shape index (κ3) is 3.42. The smallest absolute Gasteiger partial charge is 0.159 e. The molecule has 1 aromatic rings. The highest BCUT2D eigenvalue weighted by Crippen LogP contribution is 2.24. The van der Waals surface area contributed by atoms with E-state index in [9.17, 15) is 8.78 Å². The van der Waals surface area contributed by atoms with Crippen molar-refractivity contribution in [1.29, 1.82) is 0 Å². The fraction of sp³-hybridized carbons (Fsp3) is 0.571. The first kappa shape index (κ1) is 13.8. The fourth-order valence-corrected chi connectivity index (χ4v) is 2.72. The van der Waals surface area contributed by atoms with Gasteiger partial charge < -0.3 is 0 Å². The maximum atomic E-state index is 13.1. The molecule has 0 saturated carbocycles. The highest BCUT2D eigenvalue weighted by Gasteiger charge is 2.22. The number of alkyl halides is 1. The Morgan fingerprint density at radius 3 is 2.50 bits per heavy atom.